The molecule has 4 rings (SSSR count). The van der Waals surface area contributed by atoms with Crippen LogP contribution in [0, 0.1) is 19.7 Å². The summed E-state index contributed by atoms with van der Waals surface area (Å²) in [4.78, 5) is 8.24. The second-order valence-corrected chi connectivity index (χ2v) is 7.01. The third-order valence-electron chi connectivity index (χ3n) is 4.52. The normalized spacial score (nSPS) is 20.4. The first kappa shape index (κ1) is 19.9. The maximum absolute atomic E-state index is 12.8. The predicted octanol–water partition coefficient (Wildman–Crippen LogP) is 3.55. The van der Waals surface area contributed by atoms with Crippen LogP contribution >= 0.6 is 11.6 Å². The Morgan fingerprint density at radius 2 is 1.57 bits per heavy atom. The van der Waals surface area contributed by atoms with E-state index in [0.717, 1.165) is 27.3 Å². The zero-order valence-electron chi connectivity index (χ0n) is 15.7. The molecule has 0 saturated carbocycles. The topological polar surface area (TPSA) is 95.2 Å². The van der Waals surface area contributed by atoms with Crippen molar-refractivity contribution in [2.45, 2.75) is 25.9 Å². The van der Waals surface area contributed by atoms with Crippen LogP contribution in [0.3, 0.4) is 0 Å². The van der Waals surface area contributed by atoms with Gasteiger partial charge in [-0.1, -0.05) is 29.8 Å². The van der Waals surface area contributed by atoms with Gasteiger partial charge in [-0.15, -0.1) is 0 Å². The average Bonchev–Trinajstić information content (AvgIpc) is 3.26. The predicted molar refractivity (Wildman–Crippen MR) is 108 cm³/mol. The maximum Gasteiger partial charge on any atom is 0.282 e. The van der Waals surface area contributed by atoms with Crippen molar-refractivity contribution in [2.24, 2.45) is 21.5 Å². The molecule has 0 spiro atoms. The van der Waals surface area contributed by atoms with E-state index in [2.05, 4.69) is 9.98 Å². The Morgan fingerprint density at radius 3 is 2.11 bits per heavy atom. The third-order valence-corrected chi connectivity index (χ3v) is 4.92. The summed E-state index contributed by atoms with van der Waals surface area (Å²) in [6.07, 6.45) is 0. The van der Waals surface area contributed by atoms with Gasteiger partial charge in [-0.3, -0.25) is 0 Å². The van der Waals surface area contributed by atoms with Gasteiger partial charge in [-0.25, -0.2) is 14.4 Å². The van der Waals surface area contributed by atoms with Gasteiger partial charge in [0.15, 0.2) is 0 Å². The molecule has 0 aliphatic carbocycles. The maximum atomic E-state index is 12.8. The molecule has 2 heterocycles. The van der Waals surface area contributed by atoms with Gasteiger partial charge in [0.1, 0.15) is 31.1 Å². The summed E-state index contributed by atoms with van der Waals surface area (Å²) in [5, 5.41) is 0.753. The molecule has 148 valence electrons. The largest absolute Gasteiger partial charge is 0.463 e. The van der Waals surface area contributed by atoms with E-state index in [-0.39, 0.29) is 29.9 Å². The molecular formula is C20H22ClFN4O2. The lowest BCUT2D eigenvalue weighted by atomic mass is 10.0. The van der Waals surface area contributed by atoms with Crippen LogP contribution in [0.15, 0.2) is 46.4 Å². The van der Waals surface area contributed by atoms with E-state index in [1.54, 1.807) is 6.07 Å². The number of aliphatic imine (C=N–C) groups is 2. The minimum atomic E-state index is -0.234. The van der Waals surface area contributed by atoms with E-state index in [4.69, 9.17) is 32.5 Å². The molecule has 0 fully saturated rings. The van der Waals surface area contributed by atoms with E-state index < -0.39 is 0 Å². The molecular weight excluding hydrogens is 383 g/mol. The lowest BCUT2D eigenvalue weighted by molar-refractivity contribution is 0.314. The van der Waals surface area contributed by atoms with Crippen LogP contribution in [-0.4, -0.2) is 25.3 Å². The molecule has 0 aromatic heterocycles. The molecule has 8 heteroatoms. The van der Waals surface area contributed by atoms with Crippen molar-refractivity contribution in [2.75, 3.05) is 13.2 Å². The summed E-state index contributed by atoms with van der Waals surface area (Å²) >= 11 is 6.01. The van der Waals surface area contributed by atoms with Gasteiger partial charge in [0.05, 0.1) is 0 Å². The number of nitrogens with two attached hydrogens (primary N) is 2. The van der Waals surface area contributed by atoms with Crippen LogP contribution in [0.2, 0.25) is 5.02 Å². The van der Waals surface area contributed by atoms with E-state index in [1.807, 2.05) is 32.0 Å². The van der Waals surface area contributed by atoms with Crippen LogP contribution in [0.1, 0.15) is 34.3 Å². The molecule has 0 amide bonds. The van der Waals surface area contributed by atoms with E-state index in [1.165, 1.54) is 12.1 Å². The van der Waals surface area contributed by atoms with Crippen molar-refractivity contribution in [3.05, 3.63) is 69.5 Å². The smallest absolute Gasteiger partial charge is 0.282 e. The lowest BCUT2D eigenvalue weighted by Crippen LogP contribution is -2.10. The van der Waals surface area contributed by atoms with Gasteiger partial charge < -0.3 is 20.9 Å². The Kier molecular flexibility index (Phi) is 6.04. The quantitative estimate of drug-likeness (QED) is 0.800. The molecule has 2 aliphatic heterocycles. The van der Waals surface area contributed by atoms with Crippen LogP contribution in [0.4, 0.5) is 4.39 Å². The number of amidine groups is 2. The van der Waals surface area contributed by atoms with E-state index >= 15 is 0 Å². The first-order valence-electron chi connectivity index (χ1n) is 8.77. The second kappa shape index (κ2) is 8.48. The lowest BCUT2D eigenvalue weighted by Gasteiger charge is -2.08. The van der Waals surface area contributed by atoms with E-state index in [9.17, 15) is 4.39 Å². The highest BCUT2D eigenvalue weighted by Crippen LogP contribution is 2.26. The fourth-order valence-corrected chi connectivity index (χ4v) is 3.13. The molecule has 4 N–H and O–H groups in total. The molecule has 0 bridgehead atoms. The minimum Gasteiger partial charge on any atom is -0.463 e. The van der Waals surface area contributed by atoms with Crippen LogP contribution in [0.25, 0.3) is 0 Å². The number of halogens is 2. The Balaban J connectivity index is 0.000000161. The number of rotatable bonds is 2. The third kappa shape index (κ3) is 4.72. The number of benzene rings is 2. The summed E-state index contributed by atoms with van der Waals surface area (Å²) in [5.41, 5.74) is 14.8. The van der Waals surface area contributed by atoms with Gasteiger partial charge in [-0.05, 0) is 54.3 Å². The average molecular weight is 405 g/mol. The minimum absolute atomic E-state index is 0.00639. The number of ether oxygens (including phenoxy) is 2. The van der Waals surface area contributed by atoms with Crippen molar-refractivity contribution in [3.63, 3.8) is 0 Å². The first-order chi connectivity index (χ1) is 13.3. The highest BCUT2D eigenvalue weighted by atomic mass is 35.5. The summed E-state index contributed by atoms with van der Waals surface area (Å²) in [6, 6.07) is 10.9. The number of aryl methyl sites for hydroxylation is 2. The monoisotopic (exact) mass is 404 g/mol. The Labute approximate surface area is 168 Å². The summed E-state index contributed by atoms with van der Waals surface area (Å²) in [5.74, 6) is -0.234. The van der Waals surface area contributed by atoms with Gasteiger partial charge in [0.25, 0.3) is 12.0 Å². The van der Waals surface area contributed by atoms with Gasteiger partial charge in [-0.2, -0.15) is 0 Å². The van der Waals surface area contributed by atoms with Gasteiger partial charge in [0, 0.05) is 5.02 Å². The molecule has 0 radical (unpaired) electrons. The molecule has 2 aliphatic rings. The SMILES string of the molecule is Cc1cc(F)ccc1[C@H]1COC(N)=N1.Cc1ccc(C2COC(N)=N2)cc1Cl. The van der Waals surface area contributed by atoms with Crippen LogP contribution in [0.5, 0.6) is 0 Å². The zero-order chi connectivity index (χ0) is 20.3. The van der Waals surface area contributed by atoms with Gasteiger partial charge in [0.2, 0.25) is 0 Å². The summed E-state index contributed by atoms with van der Waals surface area (Å²) < 4.78 is 22.9. The fourth-order valence-electron chi connectivity index (χ4n) is 2.94. The number of hydrogen-bond donors (Lipinski definition) is 2. The zero-order valence-corrected chi connectivity index (χ0v) is 16.4. The molecule has 6 nitrogen and oxygen atoms in total. The van der Waals surface area contributed by atoms with E-state index in [0.29, 0.717) is 13.2 Å². The number of nitrogens with zero attached hydrogens (tertiary/aromatic N) is 2. The molecule has 0 saturated heterocycles. The molecule has 2 atom stereocenters. The van der Waals surface area contributed by atoms with Crippen molar-refractivity contribution in [1.29, 1.82) is 0 Å². The van der Waals surface area contributed by atoms with Crippen LogP contribution < -0.4 is 11.5 Å². The molecule has 2 aromatic carbocycles. The van der Waals surface area contributed by atoms with Crippen molar-refractivity contribution >= 4 is 23.6 Å². The van der Waals surface area contributed by atoms with Crippen molar-refractivity contribution < 1.29 is 13.9 Å². The Morgan fingerprint density at radius 1 is 0.929 bits per heavy atom. The first-order valence-corrected chi connectivity index (χ1v) is 9.15. The van der Waals surface area contributed by atoms with Crippen LogP contribution in [-0.2, 0) is 9.47 Å². The second-order valence-electron chi connectivity index (χ2n) is 6.60. The van der Waals surface area contributed by atoms with Gasteiger partial charge >= 0.3 is 0 Å². The highest BCUT2D eigenvalue weighted by Gasteiger charge is 2.20. The molecule has 2 aromatic rings. The standard InChI is InChI=1S/C10H11ClN2O.C10H11FN2O/c1-6-2-3-7(4-8(6)11)9-5-14-10(12)13-9;1-6-4-7(11)2-3-8(6)9-5-14-10(12)13-9/h2*2-4,9H,5H2,1H3,(H2,12,13)/t;9-/m.1/s1. The Bertz CT molecular complexity index is 932. The summed E-state index contributed by atoms with van der Waals surface area (Å²) in [7, 11) is 0. The Hall–Kier alpha value is -2.80. The fraction of sp³-hybridized carbons (Fsp3) is 0.300. The summed E-state index contributed by atoms with van der Waals surface area (Å²) in [6.45, 7) is 4.76. The number of hydrogen-bond acceptors (Lipinski definition) is 6. The molecule has 28 heavy (non-hydrogen) atoms. The molecule has 1 unspecified atom stereocenters. The van der Waals surface area contributed by atoms with Crippen molar-refractivity contribution in [3.8, 4) is 0 Å². The highest BCUT2D eigenvalue weighted by molar-refractivity contribution is 6.31. The van der Waals surface area contributed by atoms with Crippen molar-refractivity contribution in [1.82, 2.24) is 0 Å².